The second-order valence-electron chi connectivity index (χ2n) is 5.43. The number of nitrogens with one attached hydrogen (secondary N) is 1. The van der Waals surface area contributed by atoms with Crippen LogP contribution in [0.4, 0.5) is 0 Å². The van der Waals surface area contributed by atoms with Crippen LogP contribution in [0.3, 0.4) is 0 Å². The third-order valence-electron chi connectivity index (χ3n) is 3.74. The molecular weight excluding hydrogens is 222 g/mol. The molecule has 1 aromatic carbocycles. The zero-order valence-corrected chi connectivity index (χ0v) is 11.6. The van der Waals surface area contributed by atoms with E-state index in [-0.39, 0.29) is 0 Å². The molecular formula is C16H26NO+. The number of aryl methyl sites for hydroxylation is 1. The zero-order chi connectivity index (χ0) is 12.6. The number of hydrogen-bond acceptors (Lipinski definition) is 1. The van der Waals surface area contributed by atoms with E-state index < -0.39 is 0 Å². The van der Waals surface area contributed by atoms with E-state index >= 15 is 0 Å². The van der Waals surface area contributed by atoms with Crippen molar-refractivity contribution in [2.75, 3.05) is 26.2 Å². The van der Waals surface area contributed by atoms with Crippen molar-refractivity contribution in [3.05, 3.63) is 29.8 Å². The first-order valence-electron chi connectivity index (χ1n) is 7.37. The smallest absolute Gasteiger partial charge is 0.119 e. The van der Waals surface area contributed by atoms with Gasteiger partial charge in [0.25, 0.3) is 0 Å². The molecule has 2 nitrogen and oxygen atoms in total. The molecule has 0 atom stereocenters. The van der Waals surface area contributed by atoms with E-state index in [9.17, 15) is 0 Å². The van der Waals surface area contributed by atoms with Crippen molar-refractivity contribution >= 4 is 0 Å². The highest BCUT2D eigenvalue weighted by atomic mass is 16.5. The summed E-state index contributed by atoms with van der Waals surface area (Å²) in [5.74, 6) is 1.01. The van der Waals surface area contributed by atoms with Crippen LogP contribution in [0.5, 0.6) is 5.75 Å². The van der Waals surface area contributed by atoms with Gasteiger partial charge < -0.3 is 9.64 Å². The number of hydrogen-bond donors (Lipinski definition) is 1. The van der Waals surface area contributed by atoms with Gasteiger partial charge >= 0.3 is 0 Å². The molecule has 0 aromatic heterocycles. The van der Waals surface area contributed by atoms with E-state index in [1.807, 2.05) is 6.07 Å². The highest BCUT2D eigenvalue weighted by Gasteiger charge is 2.11. The molecule has 100 valence electrons. The van der Waals surface area contributed by atoms with E-state index in [4.69, 9.17) is 4.74 Å². The normalized spacial score (nSPS) is 17.4. The Morgan fingerprint density at radius 2 is 1.89 bits per heavy atom. The maximum Gasteiger partial charge on any atom is 0.119 e. The summed E-state index contributed by atoms with van der Waals surface area (Å²) >= 11 is 0. The predicted molar refractivity (Wildman–Crippen MR) is 75.3 cm³/mol. The van der Waals surface area contributed by atoms with Gasteiger partial charge in [-0.3, -0.25) is 0 Å². The van der Waals surface area contributed by atoms with Crippen molar-refractivity contribution in [2.45, 2.75) is 39.0 Å². The number of quaternary nitrogens is 1. The monoisotopic (exact) mass is 248 g/mol. The molecule has 2 rings (SSSR count). The van der Waals surface area contributed by atoms with Crippen molar-refractivity contribution in [3.63, 3.8) is 0 Å². The molecule has 1 heterocycles. The lowest BCUT2D eigenvalue weighted by atomic mass is 10.2. The maximum absolute atomic E-state index is 5.80. The number of rotatable bonds is 5. The average Bonchev–Trinajstić information content (AvgIpc) is 2.63. The second-order valence-corrected chi connectivity index (χ2v) is 5.43. The molecule has 0 unspecified atom stereocenters. The van der Waals surface area contributed by atoms with Crippen molar-refractivity contribution < 1.29 is 9.64 Å². The van der Waals surface area contributed by atoms with Gasteiger partial charge in [-0.1, -0.05) is 12.1 Å². The SMILES string of the molecule is Cc1cccc(OCCC[NH+]2CCCCCC2)c1. The molecule has 2 heteroatoms. The fraction of sp³-hybridized carbons (Fsp3) is 0.625. The molecule has 1 aromatic rings. The van der Waals surface area contributed by atoms with Gasteiger partial charge in [0.15, 0.2) is 0 Å². The largest absolute Gasteiger partial charge is 0.493 e. The van der Waals surface area contributed by atoms with Crippen molar-refractivity contribution in [2.24, 2.45) is 0 Å². The van der Waals surface area contributed by atoms with E-state index in [0.29, 0.717) is 0 Å². The second kappa shape index (κ2) is 7.42. The minimum atomic E-state index is 0.854. The van der Waals surface area contributed by atoms with Crippen LogP contribution in [0.25, 0.3) is 0 Å². The average molecular weight is 248 g/mol. The molecule has 0 radical (unpaired) electrons. The molecule has 1 saturated heterocycles. The van der Waals surface area contributed by atoms with E-state index in [2.05, 4.69) is 25.1 Å². The number of benzene rings is 1. The Morgan fingerprint density at radius 1 is 1.11 bits per heavy atom. The summed E-state index contributed by atoms with van der Waals surface area (Å²) in [6.45, 7) is 6.96. The molecule has 1 aliphatic rings. The minimum Gasteiger partial charge on any atom is -0.493 e. The highest BCUT2D eigenvalue weighted by molar-refractivity contribution is 5.27. The van der Waals surface area contributed by atoms with Crippen LogP contribution in [0.2, 0.25) is 0 Å². The third-order valence-corrected chi connectivity index (χ3v) is 3.74. The molecule has 18 heavy (non-hydrogen) atoms. The lowest BCUT2D eigenvalue weighted by molar-refractivity contribution is -0.899. The summed E-state index contributed by atoms with van der Waals surface area (Å²) < 4.78 is 5.80. The van der Waals surface area contributed by atoms with Gasteiger partial charge in [0.1, 0.15) is 5.75 Å². The van der Waals surface area contributed by atoms with Crippen LogP contribution in [-0.2, 0) is 0 Å². The van der Waals surface area contributed by atoms with Crippen LogP contribution < -0.4 is 9.64 Å². The minimum absolute atomic E-state index is 0.854. The van der Waals surface area contributed by atoms with Gasteiger partial charge in [0.05, 0.1) is 26.2 Å². The Hall–Kier alpha value is -1.02. The van der Waals surface area contributed by atoms with Crippen LogP contribution in [0, 0.1) is 6.92 Å². The van der Waals surface area contributed by atoms with Crippen molar-refractivity contribution in [3.8, 4) is 5.75 Å². The first-order chi connectivity index (χ1) is 8.84. The predicted octanol–water partition coefficient (Wildman–Crippen LogP) is 2.22. The molecule has 0 spiro atoms. The Bertz CT molecular complexity index is 343. The van der Waals surface area contributed by atoms with Crippen LogP contribution >= 0.6 is 0 Å². The van der Waals surface area contributed by atoms with Gasteiger partial charge in [-0.25, -0.2) is 0 Å². The number of likely N-dealkylation sites (tertiary alicyclic amines) is 1. The van der Waals surface area contributed by atoms with Gasteiger partial charge in [-0.05, 0) is 50.3 Å². The van der Waals surface area contributed by atoms with Crippen LogP contribution in [-0.4, -0.2) is 26.2 Å². The molecule has 1 aliphatic heterocycles. The first kappa shape index (κ1) is 13.4. The maximum atomic E-state index is 5.80. The summed E-state index contributed by atoms with van der Waals surface area (Å²) in [7, 11) is 0. The third kappa shape index (κ3) is 4.69. The van der Waals surface area contributed by atoms with E-state index in [1.165, 1.54) is 57.3 Å². The fourth-order valence-electron chi connectivity index (χ4n) is 2.70. The van der Waals surface area contributed by atoms with Crippen LogP contribution in [0.15, 0.2) is 24.3 Å². The topological polar surface area (TPSA) is 13.7 Å². The molecule has 0 aliphatic carbocycles. The Balaban J connectivity index is 1.63. The van der Waals surface area contributed by atoms with Crippen LogP contribution in [0.1, 0.15) is 37.7 Å². The summed E-state index contributed by atoms with van der Waals surface area (Å²) in [5.41, 5.74) is 1.27. The van der Waals surface area contributed by atoms with Gasteiger partial charge in [0.2, 0.25) is 0 Å². The van der Waals surface area contributed by atoms with Crippen molar-refractivity contribution in [1.82, 2.24) is 0 Å². The Kier molecular flexibility index (Phi) is 5.53. The standard InChI is InChI=1S/C16H25NO/c1-15-8-6-9-16(14-15)18-13-7-12-17-10-4-2-3-5-11-17/h6,8-9,14H,2-5,7,10-13H2,1H3/p+1. The summed E-state index contributed by atoms with van der Waals surface area (Å²) in [5, 5.41) is 0. The number of ether oxygens (including phenoxy) is 1. The van der Waals surface area contributed by atoms with Gasteiger partial charge in [-0.2, -0.15) is 0 Å². The Morgan fingerprint density at radius 3 is 2.61 bits per heavy atom. The lowest BCUT2D eigenvalue weighted by Gasteiger charge is -2.16. The lowest BCUT2D eigenvalue weighted by Crippen LogP contribution is -3.11. The zero-order valence-electron chi connectivity index (χ0n) is 11.6. The summed E-state index contributed by atoms with van der Waals surface area (Å²) in [6.07, 6.45) is 6.86. The Labute approximate surface area is 111 Å². The summed E-state index contributed by atoms with van der Waals surface area (Å²) in [4.78, 5) is 1.78. The molecule has 0 saturated carbocycles. The highest BCUT2D eigenvalue weighted by Crippen LogP contribution is 2.12. The summed E-state index contributed by atoms with van der Waals surface area (Å²) in [6, 6.07) is 8.32. The van der Waals surface area contributed by atoms with E-state index in [0.717, 1.165) is 12.4 Å². The molecule has 1 N–H and O–H groups in total. The first-order valence-corrected chi connectivity index (χ1v) is 7.37. The molecule has 1 fully saturated rings. The quantitative estimate of drug-likeness (QED) is 0.789. The van der Waals surface area contributed by atoms with Crippen molar-refractivity contribution in [1.29, 1.82) is 0 Å². The van der Waals surface area contributed by atoms with E-state index in [1.54, 1.807) is 4.90 Å². The van der Waals surface area contributed by atoms with Gasteiger partial charge in [-0.15, -0.1) is 0 Å². The molecule has 0 amide bonds. The van der Waals surface area contributed by atoms with Gasteiger partial charge in [0, 0.05) is 6.42 Å². The fourth-order valence-corrected chi connectivity index (χ4v) is 2.70. The molecule has 0 bridgehead atoms.